The number of hydrogen-bond donors (Lipinski definition) is 1. The number of rotatable bonds is 7. The Morgan fingerprint density at radius 1 is 1.42 bits per heavy atom. The van der Waals surface area contributed by atoms with Gasteiger partial charge in [0.1, 0.15) is 5.75 Å². The Balaban J connectivity index is 1.93. The van der Waals surface area contributed by atoms with E-state index in [0.717, 1.165) is 30.1 Å². The van der Waals surface area contributed by atoms with Crippen LogP contribution in [-0.2, 0) is 12.4 Å². The quantitative estimate of drug-likeness (QED) is 0.792. The molecule has 2 aromatic rings. The lowest BCUT2D eigenvalue weighted by molar-refractivity contribution is 0.337. The minimum atomic E-state index is 0.448. The second-order valence-electron chi connectivity index (χ2n) is 4.09. The first-order chi connectivity index (χ1) is 9.33. The highest BCUT2D eigenvalue weighted by atomic mass is 35.5. The molecular formula is C14H18ClN3O. The van der Waals surface area contributed by atoms with Crippen molar-refractivity contribution in [2.45, 2.75) is 19.3 Å². The molecule has 0 aliphatic rings. The number of aromatic nitrogens is 2. The lowest BCUT2D eigenvalue weighted by Crippen LogP contribution is -2.11. The zero-order valence-corrected chi connectivity index (χ0v) is 11.7. The molecule has 0 aliphatic heterocycles. The molecule has 0 fully saturated rings. The van der Waals surface area contributed by atoms with Crippen LogP contribution in [0.15, 0.2) is 36.7 Å². The molecule has 0 spiro atoms. The summed E-state index contributed by atoms with van der Waals surface area (Å²) in [5.41, 5.74) is 2.05. The fraction of sp³-hybridized carbons (Fsp3) is 0.357. The Kier molecular flexibility index (Phi) is 5.10. The molecule has 0 saturated heterocycles. The Labute approximate surface area is 118 Å². The SMILES string of the molecule is CCOc1ccc(NCCn2cccn2)cc1CCl. The molecule has 2 rings (SSSR count). The van der Waals surface area contributed by atoms with E-state index in [2.05, 4.69) is 10.4 Å². The first kappa shape index (κ1) is 13.7. The van der Waals surface area contributed by atoms with Crippen molar-refractivity contribution in [1.82, 2.24) is 9.78 Å². The molecule has 0 amide bonds. The first-order valence-electron chi connectivity index (χ1n) is 6.36. The maximum Gasteiger partial charge on any atom is 0.123 e. The predicted molar refractivity (Wildman–Crippen MR) is 77.9 cm³/mol. The summed E-state index contributed by atoms with van der Waals surface area (Å²) < 4.78 is 7.41. The average molecular weight is 280 g/mol. The van der Waals surface area contributed by atoms with Gasteiger partial charge in [-0.2, -0.15) is 5.10 Å². The number of nitrogens with zero attached hydrogens (tertiary/aromatic N) is 2. The summed E-state index contributed by atoms with van der Waals surface area (Å²) in [6.45, 7) is 4.26. The molecule has 19 heavy (non-hydrogen) atoms. The molecule has 0 aliphatic carbocycles. The lowest BCUT2D eigenvalue weighted by Gasteiger charge is -2.12. The molecule has 1 N–H and O–H groups in total. The van der Waals surface area contributed by atoms with E-state index in [1.165, 1.54) is 0 Å². The molecule has 0 atom stereocenters. The summed E-state index contributed by atoms with van der Waals surface area (Å²) in [5, 5.41) is 7.51. The second kappa shape index (κ2) is 7.04. The van der Waals surface area contributed by atoms with Gasteiger partial charge in [0.15, 0.2) is 0 Å². The van der Waals surface area contributed by atoms with E-state index in [4.69, 9.17) is 16.3 Å². The van der Waals surface area contributed by atoms with Crippen molar-refractivity contribution in [3.63, 3.8) is 0 Å². The van der Waals surface area contributed by atoms with Gasteiger partial charge in [-0.25, -0.2) is 0 Å². The molecule has 5 heteroatoms. The van der Waals surface area contributed by atoms with Crippen LogP contribution in [-0.4, -0.2) is 22.9 Å². The second-order valence-corrected chi connectivity index (χ2v) is 4.35. The zero-order valence-electron chi connectivity index (χ0n) is 11.0. The van der Waals surface area contributed by atoms with Crippen LogP contribution in [0.2, 0.25) is 0 Å². The Morgan fingerprint density at radius 2 is 2.32 bits per heavy atom. The monoisotopic (exact) mass is 279 g/mol. The highest BCUT2D eigenvalue weighted by Crippen LogP contribution is 2.24. The summed E-state index contributed by atoms with van der Waals surface area (Å²) in [5.74, 6) is 1.31. The summed E-state index contributed by atoms with van der Waals surface area (Å²) in [6, 6.07) is 7.91. The van der Waals surface area contributed by atoms with Crippen molar-refractivity contribution in [1.29, 1.82) is 0 Å². The molecule has 0 radical (unpaired) electrons. The fourth-order valence-electron chi connectivity index (χ4n) is 1.84. The van der Waals surface area contributed by atoms with Gasteiger partial charge in [-0.15, -0.1) is 11.6 Å². The first-order valence-corrected chi connectivity index (χ1v) is 6.90. The number of anilines is 1. The summed E-state index contributed by atoms with van der Waals surface area (Å²) in [6.07, 6.45) is 3.73. The van der Waals surface area contributed by atoms with Crippen LogP contribution in [0.5, 0.6) is 5.75 Å². The van der Waals surface area contributed by atoms with E-state index in [1.807, 2.05) is 42.1 Å². The summed E-state index contributed by atoms with van der Waals surface area (Å²) in [7, 11) is 0. The number of benzene rings is 1. The highest BCUT2D eigenvalue weighted by molar-refractivity contribution is 6.17. The maximum atomic E-state index is 5.93. The Hall–Kier alpha value is -1.68. The summed E-state index contributed by atoms with van der Waals surface area (Å²) >= 11 is 5.93. The zero-order chi connectivity index (χ0) is 13.5. The van der Waals surface area contributed by atoms with Crippen molar-refractivity contribution in [3.05, 3.63) is 42.2 Å². The van der Waals surface area contributed by atoms with E-state index < -0.39 is 0 Å². The molecule has 0 unspecified atom stereocenters. The van der Waals surface area contributed by atoms with E-state index in [1.54, 1.807) is 6.20 Å². The van der Waals surface area contributed by atoms with Crippen LogP contribution in [0, 0.1) is 0 Å². The van der Waals surface area contributed by atoms with E-state index in [9.17, 15) is 0 Å². The van der Waals surface area contributed by atoms with Gasteiger partial charge >= 0.3 is 0 Å². The van der Waals surface area contributed by atoms with Gasteiger partial charge in [-0.1, -0.05) is 0 Å². The molecule has 4 nitrogen and oxygen atoms in total. The number of hydrogen-bond acceptors (Lipinski definition) is 3. The van der Waals surface area contributed by atoms with Gasteiger partial charge in [0.25, 0.3) is 0 Å². The third-order valence-electron chi connectivity index (χ3n) is 2.73. The molecule has 1 aromatic carbocycles. The Bertz CT molecular complexity index is 499. The largest absolute Gasteiger partial charge is 0.494 e. The molecular weight excluding hydrogens is 262 g/mol. The molecule has 102 valence electrons. The van der Waals surface area contributed by atoms with Crippen molar-refractivity contribution in [2.24, 2.45) is 0 Å². The van der Waals surface area contributed by atoms with Gasteiger partial charge in [0.05, 0.1) is 19.0 Å². The van der Waals surface area contributed by atoms with Crippen molar-refractivity contribution < 1.29 is 4.74 Å². The average Bonchev–Trinajstić information content (AvgIpc) is 2.94. The standard InChI is InChI=1S/C14H18ClN3O/c1-2-19-14-5-4-13(10-12(14)11-15)16-7-9-18-8-3-6-17-18/h3-6,8,10,16H,2,7,9,11H2,1H3. The maximum absolute atomic E-state index is 5.93. The normalized spacial score (nSPS) is 10.4. The molecule has 1 heterocycles. The predicted octanol–water partition coefficient (Wildman–Crippen LogP) is 3.13. The van der Waals surface area contributed by atoms with Crippen LogP contribution in [0.25, 0.3) is 0 Å². The third-order valence-corrected chi connectivity index (χ3v) is 3.02. The number of ether oxygens (including phenoxy) is 1. The van der Waals surface area contributed by atoms with Gasteiger partial charge < -0.3 is 10.1 Å². The summed E-state index contributed by atoms with van der Waals surface area (Å²) in [4.78, 5) is 0. The third kappa shape index (κ3) is 3.89. The highest BCUT2D eigenvalue weighted by Gasteiger charge is 2.03. The van der Waals surface area contributed by atoms with Crippen LogP contribution in [0.3, 0.4) is 0 Å². The lowest BCUT2D eigenvalue weighted by atomic mass is 10.2. The van der Waals surface area contributed by atoms with Crippen LogP contribution in [0.1, 0.15) is 12.5 Å². The van der Waals surface area contributed by atoms with E-state index in [-0.39, 0.29) is 0 Å². The van der Waals surface area contributed by atoms with E-state index in [0.29, 0.717) is 12.5 Å². The van der Waals surface area contributed by atoms with E-state index >= 15 is 0 Å². The molecule has 0 saturated carbocycles. The smallest absolute Gasteiger partial charge is 0.123 e. The van der Waals surface area contributed by atoms with Crippen LogP contribution in [0.4, 0.5) is 5.69 Å². The van der Waals surface area contributed by atoms with Gasteiger partial charge in [0, 0.05) is 30.2 Å². The van der Waals surface area contributed by atoms with Gasteiger partial charge in [-0.3, -0.25) is 4.68 Å². The van der Waals surface area contributed by atoms with Gasteiger partial charge in [0.2, 0.25) is 0 Å². The minimum Gasteiger partial charge on any atom is -0.494 e. The van der Waals surface area contributed by atoms with Crippen molar-refractivity contribution in [3.8, 4) is 5.75 Å². The van der Waals surface area contributed by atoms with Crippen LogP contribution >= 0.6 is 11.6 Å². The number of nitrogens with one attached hydrogen (secondary N) is 1. The molecule has 1 aromatic heterocycles. The number of alkyl halides is 1. The molecule has 0 bridgehead atoms. The van der Waals surface area contributed by atoms with Gasteiger partial charge in [-0.05, 0) is 31.2 Å². The number of halogens is 1. The minimum absolute atomic E-state index is 0.448. The Morgan fingerprint density at radius 3 is 3.00 bits per heavy atom. The van der Waals surface area contributed by atoms with Crippen molar-refractivity contribution >= 4 is 17.3 Å². The topological polar surface area (TPSA) is 39.1 Å². The van der Waals surface area contributed by atoms with Crippen LogP contribution < -0.4 is 10.1 Å². The fourth-order valence-corrected chi connectivity index (χ4v) is 2.05. The van der Waals surface area contributed by atoms with Crippen molar-refractivity contribution in [2.75, 3.05) is 18.5 Å².